The van der Waals surface area contributed by atoms with E-state index in [-0.39, 0.29) is 17.5 Å². The molecule has 1 aromatic carbocycles. The number of aryl methyl sites for hydroxylation is 1. The first kappa shape index (κ1) is 11.9. The molecule has 0 saturated carbocycles. The van der Waals surface area contributed by atoms with Gasteiger partial charge in [0.25, 0.3) is 0 Å². The van der Waals surface area contributed by atoms with Crippen molar-refractivity contribution in [2.45, 2.75) is 13.8 Å². The Balaban J connectivity index is 2.18. The first-order valence-corrected chi connectivity index (χ1v) is 5.35. The summed E-state index contributed by atoms with van der Waals surface area (Å²) in [5.41, 5.74) is 1.64. The smallest absolute Gasteiger partial charge is 0.300 e. The van der Waals surface area contributed by atoms with Gasteiger partial charge in [-0.15, -0.1) is 0 Å². The Kier molecular flexibility index (Phi) is 3.11. The number of nitriles is 1. The van der Waals surface area contributed by atoms with Crippen LogP contribution in [0.4, 0.5) is 11.7 Å². The Bertz CT molecular complexity index is 621. The number of oxazole rings is 1. The summed E-state index contributed by atoms with van der Waals surface area (Å²) < 4.78 is 5.28. The van der Waals surface area contributed by atoms with Crippen molar-refractivity contribution >= 4 is 17.5 Å². The van der Waals surface area contributed by atoms with Crippen molar-refractivity contribution in [2.75, 3.05) is 5.32 Å². The lowest BCUT2D eigenvalue weighted by Crippen LogP contribution is -1.94. The molecule has 0 radical (unpaired) electrons. The summed E-state index contributed by atoms with van der Waals surface area (Å²) in [6.45, 7) is 3.19. The lowest BCUT2D eigenvalue weighted by Gasteiger charge is -2.02. The number of Topliss-reactive ketones (excluding diaryl/α,β-unsaturated/α-hetero) is 1. The number of nitrogens with zero attached hydrogens (tertiary/aromatic N) is 2. The van der Waals surface area contributed by atoms with Crippen LogP contribution in [-0.2, 0) is 0 Å². The quantitative estimate of drug-likeness (QED) is 0.836. The molecule has 5 nitrogen and oxygen atoms in total. The monoisotopic (exact) mass is 241 g/mol. The van der Waals surface area contributed by atoms with Crippen molar-refractivity contribution in [1.29, 1.82) is 5.26 Å². The van der Waals surface area contributed by atoms with Crippen molar-refractivity contribution in [1.82, 2.24) is 4.98 Å². The predicted octanol–water partition coefficient (Wildman–Crippen LogP) is 2.80. The summed E-state index contributed by atoms with van der Waals surface area (Å²) in [4.78, 5) is 15.1. The number of aromatic nitrogens is 1. The zero-order chi connectivity index (χ0) is 13.1. The summed E-state index contributed by atoms with van der Waals surface area (Å²) in [5, 5.41) is 11.7. The standard InChI is InChI=1S/C13H11N3O2/c1-8(17)10-3-5-11(6-4-10)15-13-16-12(7-14)9(2)18-13/h3-6H,1-2H3,(H,15,16). The molecule has 0 aliphatic heterocycles. The van der Waals surface area contributed by atoms with Crippen LogP contribution in [0.1, 0.15) is 28.7 Å². The van der Waals surface area contributed by atoms with Crippen LogP contribution < -0.4 is 5.32 Å². The first-order valence-electron chi connectivity index (χ1n) is 5.35. The molecule has 2 aromatic rings. The lowest BCUT2D eigenvalue weighted by molar-refractivity contribution is 0.101. The molecular weight excluding hydrogens is 230 g/mol. The second kappa shape index (κ2) is 4.72. The summed E-state index contributed by atoms with van der Waals surface area (Å²) in [6, 6.07) is 9.13. The highest BCUT2D eigenvalue weighted by atomic mass is 16.4. The molecule has 0 fully saturated rings. The maximum Gasteiger partial charge on any atom is 0.300 e. The summed E-state index contributed by atoms with van der Waals surface area (Å²) in [5.74, 6) is 0.487. The maximum atomic E-state index is 11.1. The average molecular weight is 241 g/mol. The molecule has 5 heteroatoms. The Morgan fingerprint density at radius 3 is 2.56 bits per heavy atom. The van der Waals surface area contributed by atoms with Gasteiger partial charge in [0.15, 0.2) is 11.5 Å². The molecule has 0 amide bonds. The van der Waals surface area contributed by atoms with Gasteiger partial charge in [0.2, 0.25) is 0 Å². The zero-order valence-corrected chi connectivity index (χ0v) is 10.0. The van der Waals surface area contributed by atoms with Crippen molar-refractivity contribution < 1.29 is 9.21 Å². The highest BCUT2D eigenvalue weighted by Crippen LogP contribution is 2.19. The van der Waals surface area contributed by atoms with Crippen molar-refractivity contribution in [3.05, 3.63) is 41.3 Å². The van der Waals surface area contributed by atoms with E-state index in [1.807, 2.05) is 6.07 Å². The topological polar surface area (TPSA) is 78.9 Å². The number of anilines is 2. The highest BCUT2D eigenvalue weighted by Gasteiger charge is 2.08. The van der Waals surface area contributed by atoms with Crippen LogP contribution in [0.5, 0.6) is 0 Å². The minimum absolute atomic E-state index is 0.0142. The van der Waals surface area contributed by atoms with Gasteiger partial charge in [-0.3, -0.25) is 4.79 Å². The Hall–Kier alpha value is -2.61. The molecule has 0 aliphatic rings. The molecular formula is C13H11N3O2. The number of ketones is 1. The van der Waals surface area contributed by atoms with Crippen LogP contribution in [0.25, 0.3) is 0 Å². The SMILES string of the molecule is CC(=O)c1ccc(Nc2nc(C#N)c(C)o2)cc1. The number of hydrogen-bond donors (Lipinski definition) is 1. The van der Waals surface area contributed by atoms with Crippen LogP contribution in [0, 0.1) is 18.3 Å². The van der Waals surface area contributed by atoms with Gasteiger partial charge < -0.3 is 9.73 Å². The van der Waals surface area contributed by atoms with E-state index < -0.39 is 0 Å². The summed E-state index contributed by atoms with van der Waals surface area (Å²) in [7, 11) is 0. The third kappa shape index (κ3) is 2.38. The normalized spacial score (nSPS) is 9.83. The fourth-order valence-corrected chi connectivity index (χ4v) is 1.47. The number of nitrogens with one attached hydrogen (secondary N) is 1. The molecule has 0 bridgehead atoms. The van der Waals surface area contributed by atoms with Gasteiger partial charge in [0.1, 0.15) is 11.8 Å². The van der Waals surface area contributed by atoms with E-state index in [0.29, 0.717) is 11.3 Å². The fourth-order valence-electron chi connectivity index (χ4n) is 1.47. The molecule has 0 aliphatic carbocycles. The third-order valence-electron chi connectivity index (χ3n) is 2.45. The van der Waals surface area contributed by atoms with Crippen LogP contribution in [-0.4, -0.2) is 10.8 Å². The Labute approximate surface area is 104 Å². The molecule has 0 spiro atoms. The van der Waals surface area contributed by atoms with Gasteiger partial charge in [0.05, 0.1) is 0 Å². The zero-order valence-electron chi connectivity index (χ0n) is 10.0. The van der Waals surface area contributed by atoms with Crippen LogP contribution >= 0.6 is 0 Å². The van der Waals surface area contributed by atoms with Crippen LogP contribution in [0.15, 0.2) is 28.7 Å². The van der Waals surface area contributed by atoms with E-state index in [1.165, 1.54) is 6.92 Å². The number of hydrogen-bond acceptors (Lipinski definition) is 5. The van der Waals surface area contributed by atoms with E-state index in [9.17, 15) is 4.79 Å². The molecule has 0 atom stereocenters. The average Bonchev–Trinajstić information content (AvgIpc) is 2.70. The largest absolute Gasteiger partial charge is 0.427 e. The summed E-state index contributed by atoms with van der Waals surface area (Å²) in [6.07, 6.45) is 0. The number of rotatable bonds is 3. The predicted molar refractivity (Wildman–Crippen MR) is 65.7 cm³/mol. The van der Waals surface area contributed by atoms with Crippen molar-refractivity contribution in [2.24, 2.45) is 0 Å². The number of carbonyl (C=O) groups is 1. The van der Waals surface area contributed by atoms with E-state index in [1.54, 1.807) is 31.2 Å². The van der Waals surface area contributed by atoms with Gasteiger partial charge in [0, 0.05) is 11.3 Å². The molecule has 1 aromatic heterocycles. The lowest BCUT2D eigenvalue weighted by atomic mass is 10.1. The summed E-state index contributed by atoms with van der Waals surface area (Å²) >= 11 is 0. The van der Waals surface area contributed by atoms with Crippen molar-refractivity contribution in [3.63, 3.8) is 0 Å². The van der Waals surface area contributed by atoms with Crippen LogP contribution in [0.2, 0.25) is 0 Å². The maximum absolute atomic E-state index is 11.1. The fraction of sp³-hybridized carbons (Fsp3) is 0.154. The molecule has 18 heavy (non-hydrogen) atoms. The van der Waals surface area contributed by atoms with Gasteiger partial charge in [-0.25, -0.2) is 0 Å². The van der Waals surface area contributed by atoms with E-state index in [4.69, 9.17) is 9.68 Å². The van der Waals surface area contributed by atoms with Crippen molar-refractivity contribution in [3.8, 4) is 6.07 Å². The second-order valence-electron chi connectivity index (χ2n) is 3.79. The Morgan fingerprint density at radius 2 is 2.06 bits per heavy atom. The second-order valence-corrected chi connectivity index (χ2v) is 3.79. The van der Waals surface area contributed by atoms with E-state index in [0.717, 1.165) is 5.69 Å². The molecule has 1 heterocycles. The molecule has 2 rings (SSSR count). The van der Waals surface area contributed by atoms with Gasteiger partial charge in [-0.2, -0.15) is 10.2 Å². The number of benzene rings is 1. The van der Waals surface area contributed by atoms with E-state index in [2.05, 4.69) is 10.3 Å². The third-order valence-corrected chi connectivity index (χ3v) is 2.45. The molecule has 0 unspecified atom stereocenters. The van der Waals surface area contributed by atoms with Crippen LogP contribution in [0.3, 0.4) is 0 Å². The van der Waals surface area contributed by atoms with Gasteiger partial charge in [-0.1, -0.05) is 0 Å². The molecule has 90 valence electrons. The minimum Gasteiger partial charge on any atom is -0.427 e. The van der Waals surface area contributed by atoms with Gasteiger partial charge >= 0.3 is 6.01 Å². The molecule has 0 saturated heterocycles. The van der Waals surface area contributed by atoms with Gasteiger partial charge in [-0.05, 0) is 38.1 Å². The first-order chi connectivity index (χ1) is 8.60. The minimum atomic E-state index is 0.0142. The number of carbonyl (C=O) groups excluding carboxylic acids is 1. The highest BCUT2D eigenvalue weighted by molar-refractivity contribution is 5.94. The molecule has 1 N–H and O–H groups in total. The van der Waals surface area contributed by atoms with E-state index >= 15 is 0 Å². The Morgan fingerprint density at radius 1 is 1.39 bits per heavy atom.